The van der Waals surface area contributed by atoms with Crippen molar-refractivity contribution in [3.63, 3.8) is 0 Å². The number of ether oxygens (including phenoxy) is 1. The minimum Gasteiger partial charge on any atom is -0.387 e. The van der Waals surface area contributed by atoms with Crippen molar-refractivity contribution in [3.05, 3.63) is 69.0 Å². The fourth-order valence-corrected chi connectivity index (χ4v) is 6.23. The van der Waals surface area contributed by atoms with Crippen molar-refractivity contribution in [2.45, 2.75) is 31.1 Å². The number of aliphatic hydroxyl groups excluding tert-OH is 2. The first-order valence-corrected chi connectivity index (χ1v) is 14.3. The predicted octanol–water partition coefficient (Wildman–Crippen LogP) is -0.979. The summed E-state index contributed by atoms with van der Waals surface area (Å²) in [4.78, 5) is 60.9. The molecule has 200 valence electrons. The molecule has 1 aliphatic heterocycles. The average Bonchev–Trinajstić information content (AvgIpc) is 3.02. The first-order valence-electron chi connectivity index (χ1n) is 9.74. The lowest BCUT2D eigenvalue weighted by Gasteiger charge is -2.19. The molecule has 2 unspecified atom stereocenters. The number of hydrogen-bond acceptors (Lipinski definition) is 11. The van der Waals surface area contributed by atoms with Crippen molar-refractivity contribution < 1.29 is 61.4 Å². The van der Waals surface area contributed by atoms with Crippen LogP contribution >= 0.6 is 23.5 Å². The molecule has 6 N–H and O–H groups in total. The largest absolute Gasteiger partial charge is 0.490 e. The fraction of sp³-hybridized carbons (Fsp3) is 0.375. The van der Waals surface area contributed by atoms with Gasteiger partial charge in [0, 0.05) is 12.3 Å². The van der Waals surface area contributed by atoms with Gasteiger partial charge in [-0.05, 0) is 5.56 Å². The number of phosphoric ester groups is 1. The van der Waals surface area contributed by atoms with Gasteiger partial charge in [-0.3, -0.25) is 18.5 Å². The second kappa shape index (κ2) is 10.9. The van der Waals surface area contributed by atoms with Gasteiger partial charge in [0.15, 0.2) is 6.23 Å². The van der Waals surface area contributed by atoms with Gasteiger partial charge < -0.3 is 34.5 Å². The molecule has 2 heterocycles. The molecule has 1 saturated heterocycles. The van der Waals surface area contributed by atoms with E-state index in [2.05, 4.69) is 13.1 Å². The van der Waals surface area contributed by atoms with Crippen LogP contribution in [0.1, 0.15) is 11.8 Å². The van der Waals surface area contributed by atoms with E-state index in [0.717, 1.165) is 21.4 Å². The zero-order chi connectivity index (χ0) is 26.9. The Hall–Kier alpha value is -1.81. The van der Waals surface area contributed by atoms with Gasteiger partial charge in [0.2, 0.25) is 0 Å². The molecule has 0 amide bonds. The van der Waals surface area contributed by atoms with Crippen molar-refractivity contribution in [3.8, 4) is 0 Å². The molecule has 1 aliphatic rings. The maximum absolute atomic E-state index is 12.9. The van der Waals surface area contributed by atoms with Gasteiger partial charge in [-0.1, -0.05) is 30.3 Å². The normalized spacial score (nSPS) is 25.8. The van der Waals surface area contributed by atoms with Crippen molar-refractivity contribution >= 4 is 23.5 Å². The summed E-state index contributed by atoms with van der Waals surface area (Å²) < 4.78 is 52.5. The highest BCUT2D eigenvalue weighted by molar-refractivity contribution is 7.66. The summed E-state index contributed by atoms with van der Waals surface area (Å²) >= 11 is 0. The molecule has 6 atom stereocenters. The van der Waals surface area contributed by atoms with E-state index in [1.54, 1.807) is 30.3 Å². The zero-order valence-electron chi connectivity index (χ0n) is 17.9. The third-order valence-electron chi connectivity index (χ3n) is 4.71. The topological polar surface area (TPSA) is 254 Å². The molecule has 0 radical (unpaired) electrons. The van der Waals surface area contributed by atoms with E-state index in [0.29, 0.717) is 5.56 Å². The summed E-state index contributed by atoms with van der Waals surface area (Å²) in [7, 11) is -16.9. The average molecular weight is 574 g/mol. The highest BCUT2D eigenvalue weighted by atomic mass is 31.3. The van der Waals surface area contributed by atoms with Crippen LogP contribution in [0.5, 0.6) is 0 Å². The number of benzene rings is 1. The monoisotopic (exact) mass is 574 g/mol. The van der Waals surface area contributed by atoms with Crippen LogP contribution in [0.4, 0.5) is 0 Å². The Kier molecular flexibility index (Phi) is 8.70. The van der Waals surface area contributed by atoms with Crippen molar-refractivity contribution in [1.29, 1.82) is 0 Å². The van der Waals surface area contributed by atoms with Crippen molar-refractivity contribution in [2.75, 3.05) is 6.61 Å². The van der Waals surface area contributed by atoms with Crippen molar-refractivity contribution in [1.82, 2.24) is 9.13 Å². The third-order valence-corrected chi connectivity index (χ3v) is 8.51. The molecule has 3 rings (SSSR count). The molecular weight excluding hydrogens is 553 g/mol. The first-order chi connectivity index (χ1) is 16.6. The van der Waals surface area contributed by atoms with Gasteiger partial charge in [0.25, 0.3) is 5.56 Å². The van der Waals surface area contributed by atoms with Crippen LogP contribution in [0.2, 0.25) is 0 Å². The van der Waals surface area contributed by atoms with Crippen LogP contribution in [0.25, 0.3) is 0 Å². The predicted molar refractivity (Wildman–Crippen MR) is 116 cm³/mol. The standard InChI is InChI=1S/C16H21N2O15P3/c19-12-6-7-17(16(22)18(12)8-10-4-2-1-3-5-10)15-14(21)13(20)11(31-15)9-30-35(26,27)33-36(28,29)32-34(23,24)25/h1-7,11,13-15,20-21H,8-9H2,(H,26,27)(H,28,29)(H2,23,24,25)/t11-,13+,14+,15-/m1/s1. The second-order valence-corrected chi connectivity index (χ2v) is 11.8. The quantitative estimate of drug-likeness (QED) is 0.187. The van der Waals surface area contributed by atoms with Gasteiger partial charge in [-0.25, -0.2) is 18.5 Å². The van der Waals surface area contributed by atoms with Crippen LogP contribution < -0.4 is 11.2 Å². The Bertz CT molecular complexity index is 1340. The molecule has 1 aromatic carbocycles. The van der Waals surface area contributed by atoms with Crippen LogP contribution in [0.3, 0.4) is 0 Å². The van der Waals surface area contributed by atoms with Gasteiger partial charge in [0.05, 0.1) is 13.2 Å². The maximum Gasteiger partial charge on any atom is 0.490 e. The van der Waals surface area contributed by atoms with Gasteiger partial charge in [-0.15, -0.1) is 0 Å². The van der Waals surface area contributed by atoms with E-state index in [1.165, 1.54) is 0 Å². The Labute approximate surface area is 201 Å². The highest BCUT2D eigenvalue weighted by Crippen LogP contribution is 2.66. The molecule has 1 aromatic heterocycles. The molecular formula is C16H21N2O15P3. The van der Waals surface area contributed by atoms with E-state index < -0.39 is 65.9 Å². The third kappa shape index (κ3) is 7.37. The molecule has 0 bridgehead atoms. The number of nitrogens with zero attached hydrogens (tertiary/aromatic N) is 2. The molecule has 0 aliphatic carbocycles. The Morgan fingerprint density at radius 1 is 0.889 bits per heavy atom. The van der Waals surface area contributed by atoms with Gasteiger partial charge >= 0.3 is 29.2 Å². The Morgan fingerprint density at radius 2 is 1.53 bits per heavy atom. The van der Waals surface area contributed by atoms with Crippen molar-refractivity contribution in [2.24, 2.45) is 0 Å². The van der Waals surface area contributed by atoms with E-state index in [4.69, 9.17) is 19.4 Å². The summed E-state index contributed by atoms with van der Waals surface area (Å²) in [6, 6.07) is 9.50. The molecule has 20 heteroatoms. The summed E-state index contributed by atoms with van der Waals surface area (Å²) in [5, 5.41) is 20.6. The van der Waals surface area contributed by atoms with E-state index >= 15 is 0 Å². The molecule has 2 aromatic rings. The number of phosphoric acid groups is 3. The first kappa shape index (κ1) is 28.8. The van der Waals surface area contributed by atoms with Crippen LogP contribution in [0, 0.1) is 0 Å². The lowest BCUT2D eigenvalue weighted by atomic mass is 10.1. The van der Waals surface area contributed by atoms with Gasteiger partial charge in [0.1, 0.15) is 18.3 Å². The lowest BCUT2D eigenvalue weighted by molar-refractivity contribution is -0.0547. The van der Waals surface area contributed by atoms with Gasteiger partial charge in [-0.2, -0.15) is 8.62 Å². The number of hydrogen-bond donors (Lipinski definition) is 6. The molecule has 36 heavy (non-hydrogen) atoms. The van der Waals surface area contributed by atoms with Crippen LogP contribution in [-0.4, -0.2) is 63.8 Å². The fourth-order valence-electron chi connectivity index (χ4n) is 3.20. The van der Waals surface area contributed by atoms with E-state index in [9.17, 15) is 38.4 Å². The Balaban J connectivity index is 1.74. The van der Waals surface area contributed by atoms with E-state index in [-0.39, 0.29) is 6.54 Å². The number of aliphatic hydroxyl groups is 2. The molecule has 0 spiro atoms. The Morgan fingerprint density at radius 3 is 2.14 bits per heavy atom. The molecule has 17 nitrogen and oxygen atoms in total. The minimum atomic E-state index is -5.76. The zero-order valence-corrected chi connectivity index (χ0v) is 20.5. The maximum atomic E-state index is 12.9. The second-order valence-electron chi connectivity index (χ2n) is 7.35. The number of aromatic nitrogens is 2. The number of rotatable bonds is 10. The lowest BCUT2D eigenvalue weighted by Crippen LogP contribution is -2.43. The molecule has 0 saturated carbocycles. The molecule has 1 fully saturated rings. The SMILES string of the molecule is O=c1ccn([C@@H]2O[C@H](COP(=O)(O)OP(=O)(O)OP(=O)(O)O)[C@H](O)[C@@H]2O)c(=O)n1Cc1ccccc1. The summed E-state index contributed by atoms with van der Waals surface area (Å²) in [5.74, 6) is 0. The summed E-state index contributed by atoms with van der Waals surface area (Å²) in [6.45, 7) is -1.17. The summed E-state index contributed by atoms with van der Waals surface area (Å²) in [5.41, 5.74) is -0.940. The van der Waals surface area contributed by atoms with Crippen LogP contribution in [0.15, 0.2) is 52.2 Å². The van der Waals surface area contributed by atoms with E-state index in [1.807, 2.05) is 0 Å². The van der Waals surface area contributed by atoms with Crippen LogP contribution in [-0.2, 0) is 38.1 Å². The highest BCUT2D eigenvalue weighted by Gasteiger charge is 2.46. The smallest absolute Gasteiger partial charge is 0.387 e. The summed E-state index contributed by atoms with van der Waals surface area (Å²) in [6.07, 6.45) is -5.78. The minimum absolute atomic E-state index is 0.111.